The van der Waals surface area contributed by atoms with Gasteiger partial charge in [0.25, 0.3) is 0 Å². The molecule has 6 heteroatoms. The average Bonchev–Trinajstić information content (AvgIpc) is 2.39. The highest BCUT2D eigenvalue weighted by Gasteiger charge is 2.10. The van der Waals surface area contributed by atoms with Crippen molar-refractivity contribution in [3.8, 4) is 5.75 Å². The lowest BCUT2D eigenvalue weighted by Gasteiger charge is -2.19. The molecule has 0 heterocycles. The van der Waals surface area contributed by atoms with Crippen LogP contribution in [0.25, 0.3) is 0 Å². The van der Waals surface area contributed by atoms with Crippen molar-refractivity contribution in [2.45, 2.75) is 13.5 Å². The maximum atomic E-state index is 13.7. The van der Waals surface area contributed by atoms with Crippen LogP contribution in [0.1, 0.15) is 12.5 Å². The number of amidine groups is 1. The number of halogens is 1. The first-order valence-corrected chi connectivity index (χ1v) is 5.61. The number of likely N-dealkylation sites (N-methyl/N-ethyl adjacent to an activating group) is 1. The summed E-state index contributed by atoms with van der Waals surface area (Å²) in [5.41, 5.74) is 5.98. The van der Waals surface area contributed by atoms with Crippen molar-refractivity contribution in [2.24, 2.45) is 10.9 Å². The highest BCUT2D eigenvalue weighted by atomic mass is 19.1. The molecular formula is C12H18FN3O2. The molecule has 0 fully saturated rings. The Labute approximate surface area is 106 Å². The number of nitrogens with zero attached hydrogens (tertiary/aromatic N) is 2. The highest BCUT2D eigenvalue weighted by molar-refractivity contribution is 5.81. The highest BCUT2D eigenvalue weighted by Crippen LogP contribution is 2.17. The Morgan fingerprint density at radius 2 is 2.28 bits per heavy atom. The summed E-state index contributed by atoms with van der Waals surface area (Å²) in [5, 5.41) is 11.4. The van der Waals surface area contributed by atoms with E-state index in [1.54, 1.807) is 12.1 Å². The molecular weight excluding hydrogens is 237 g/mol. The number of methoxy groups -OCH3 is 1. The van der Waals surface area contributed by atoms with E-state index in [4.69, 9.17) is 15.7 Å². The van der Waals surface area contributed by atoms with Gasteiger partial charge in [0.05, 0.1) is 13.7 Å². The minimum absolute atomic E-state index is 0.103. The van der Waals surface area contributed by atoms with Crippen LogP contribution in [-0.2, 0) is 6.54 Å². The summed E-state index contributed by atoms with van der Waals surface area (Å²) >= 11 is 0. The van der Waals surface area contributed by atoms with Crippen molar-refractivity contribution in [3.63, 3.8) is 0 Å². The fourth-order valence-corrected chi connectivity index (χ4v) is 1.56. The van der Waals surface area contributed by atoms with Gasteiger partial charge in [0.1, 0.15) is 11.6 Å². The van der Waals surface area contributed by atoms with Crippen LogP contribution in [0.15, 0.2) is 23.4 Å². The Bertz CT molecular complexity index is 424. The first kappa shape index (κ1) is 14.2. The van der Waals surface area contributed by atoms with Crippen LogP contribution in [0.5, 0.6) is 5.75 Å². The Morgan fingerprint density at radius 3 is 2.78 bits per heavy atom. The van der Waals surface area contributed by atoms with E-state index in [9.17, 15) is 4.39 Å². The predicted octanol–water partition coefficient (Wildman–Crippen LogP) is 1.40. The van der Waals surface area contributed by atoms with Gasteiger partial charge in [-0.05, 0) is 12.6 Å². The van der Waals surface area contributed by atoms with E-state index in [0.29, 0.717) is 30.9 Å². The van der Waals surface area contributed by atoms with Gasteiger partial charge < -0.3 is 15.7 Å². The zero-order valence-corrected chi connectivity index (χ0v) is 10.6. The van der Waals surface area contributed by atoms with E-state index in [1.165, 1.54) is 13.2 Å². The van der Waals surface area contributed by atoms with Crippen LogP contribution >= 0.6 is 0 Å². The minimum Gasteiger partial charge on any atom is -0.497 e. The SMILES string of the molecule is CCN(C/C(N)=N/O)Cc1ccc(OC)cc1F. The number of nitrogens with two attached hydrogens (primary N) is 1. The molecule has 3 N–H and O–H groups in total. The first-order valence-electron chi connectivity index (χ1n) is 5.61. The molecule has 0 aliphatic rings. The van der Waals surface area contributed by atoms with E-state index in [-0.39, 0.29) is 11.7 Å². The van der Waals surface area contributed by atoms with Crippen LogP contribution in [0.3, 0.4) is 0 Å². The molecule has 1 aromatic carbocycles. The van der Waals surface area contributed by atoms with Crippen LogP contribution in [-0.4, -0.2) is 36.1 Å². The number of oxime groups is 1. The van der Waals surface area contributed by atoms with Gasteiger partial charge in [0.15, 0.2) is 5.84 Å². The third kappa shape index (κ3) is 3.89. The number of hydrogen-bond acceptors (Lipinski definition) is 4. The zero-order chi connectivity index (χ0) is 13.5. The molecule has 0 saturated carbocycles. The van der Waals surface area contributed by atoms with Crippen LogP contribution in [0.2, 0.25) is 0 Å². The summed E-state index contributed by atoms with van der Waals surface area (Å²) in [4.78, 5) is 1.86. The van der Waals surface area contributed by atoms with E-state index in [2.05, 4.69) is 5.16 Å². The van der Waals surface area contributed by atoms with Crippen molar-refractivity contribution < 1.29 is 14.3 Å². The fraction of sp³-hybridized carbons (Fsp3) is 0.417. The molecule has 0 amide bonds. The van der Waals surface area contributed by atoms with Gasteiger partial charge in [-0.25, -0.2) is 4.39 Å². The van der Waals surface area contributed by atoms with E-state index in [0.717, 1.165) is 0 Å². The van der Waals surface area contributed by atoms with Crippen molar-refractivity contribution in [1.29, 1.82) is 0 Å². The Hall–Kier alpha value is -1.82. The third-order valence-corrected chi connectivity index (χ3v) is 2.62. The molecule has 0 unspecified atom stereocenters. The summed E-state index contributed by atoms with van der Waals surface area (Å²) in [7, 11) is 1.49. The first-order chi connectivity index (χ1) is 8.60. The smallest absolute Gasteiger partial charge is 0.153 e. The van der Waals surface area contributed by atoms with Gasteiger partial charge in [-0.2, -0.15) is 0 Å². The summed E-state index contributed by atoms with van der Waals surface area (Å²) < 4.78 is 18.7. The van der Waals surface area contributed by atoms with Crippen molar-refractivity contribution in [3.05, 3.63) is 29.6 Å². The summed E-state index contributed by atoms with van der Waals surface area (Å²) in [5.74, 6) is 0.258. The second-order valence-electron chi connectivity index (χ2n) is 3.85. The molecule has 100 valence electrons. The quantitative estimate of drug-likeness (QED) is 0.349. The predicted molar refractivity (Wildman–Crippen MR) is 67.3 cm³/mol. The van der Waals surface area contributed by atoms with Crippen molar-refractivity contribution in [2.75, 3.05) is 20.2 Å². The molecule has 0 bridgehead atoms. The van der Waals surface area contributed by atoms with E-state index >= 15 is 0 Å². The van der Waals surface area contributed by atoms with Gasteiger partial charge in [-0.15, -0.1) is 0 Å². The molecule has 5 nitrogen and oxygen atoms in total. The fourth-order valence-electron chi connectivity index (χ4n) is 1.56. The lowest BCUT2D eigenvalue weighted by atomic mass is 10.2. The Morgan fingerprint density at radius 1 is 1.56 bits per heavy atom. The molecule has 0 aromatic heterocycles. The van der Waals surface area contributed by atoms with Crippen LogP contribution in [0.4, 0.5) is 4.39 Å². The summed E-state index contributed by atoms with van der Waals surface area (Å²) in [6.07, 6.45) is 0. The Balaban J connectivity index is 2.75. The molecule has 0 spiro atoms. The summed E-state index contributed by atoms with van der Waals surface area (Å²) in [6.45, 7) is 3.27. The maximum Gasteiger partial charge on any atom is 0.153 e. The standard InChI is InChI=1S/C12H18FN3O2/c1-3-16(8-12(14)15-17)7-9-4-5-10(18-2)6-11(9)13/h4-6,17H,3,7-8H2,1-2H3,(H2,14,15). The van der Waals surface area contributed by atoms with Crippen molar-refractivity contribution >= 4 is 5.84 Å². The zero-order valence-electron chi connectivity index (χ0n) is 10.6. The number of hydrogen-bond donors (Lipinski definition) is 2. The number of rotatable bonds is 6. The maximum absolute atomic E-state index is 13.7. The lowest BCUT2D eigenvalue weighted by molar-refractivity contribution is 0.292. The molecule has 0 aliphatic heterocycles. The number of benzene rings is 1. The van der Waals surface area contributed by atoms with E-state index < -0.39 is 0 Å². The molecule has 0 radical (unpaired) electrons. The monoisotopic (exact) mass is 255 g/mol. The Kier molecular flexibility index (Phi) is 5.38. The van der Waals surface area contributed by atoms with Gasteiger partial charge in [-0.1, -0.05) is 18.1 Å². The molecule has 0 aliphatic carbocycles. The second kappa shape index (κ2) is 6.80. The molecule has 1 aromatic rings. The minimum atomic E-state index is -0.327. The average molecular weight is 255 g/mol. The molecule has 18 heavy (non-hydrogen) atoms. The normalized spacial score (nSPS) is 11.9. The molecule has 0 saturated heterocycles. The lowest BCUT2D eigenvalue weighted by Crippen LogP contribution is -2.33. The third-order valence-electron chi connectivity index (χ3n) is 2.62. The van der Waals surface area contributed by atoms with Crippen LogP contribution in [0, 0.1) is 5.82 Å². The van der Waals surface area contributed by atoms with Crippen LogP contribution < -0.4 is 10.5 Å². The molecule has 1 rings (SSSR count). The molecule has 0 atom stereocenters. The summed E-state index contributed by atoms with van der Waals surface area (Å²) in [6, 6.07) is 4.71. The van der Waals surface area contributed by atoms with Gasteiger partial charge in [-0.3, -0.25) is 4.90 Å². The second-order valence-corrected chi connectivity index (χ2v) is 3.85. The van der Waals surface area contributed by atoms with Crippen molar-refractivity contribution in [1.82, 2.24) is 4.90 Å². The largest absolute Gasteiger partial charge is 0.497 e. The van der Waals surface area contributed by atoms with Gasteiger partial charge in [0, 0.05) is 18.2 Å². The topological polar surface area (TPSA) is 71.1 Å². The van der Waals surface area contributed by atoms with Gasteiger partial charge >= 0.3 is 0 Å². The van der Waals surface area contributed by atoms with Gasteiger partial charge in [0.2, 0.25) is 0 Å². The van der Waals surface area contributed by atoms with E-state index in [1.807, 2.05) is 11.8 Å². The number of ether oxygens (including phenoxy) is 1.